The van der Waals surface area contributed by atoms with Crippen LogP contribution in [0.1, 0.15) is 28.3 Å². The number of rotatable bonds is 2. The summed E-state index contributed by atoms with van der Waals surface area (Å²) >= 11 is 0. The third-order valence-corrected chi connectivity index (χ3v) is 4.28. The summed E-state index contributed by atoms with van der Waals surface area (Å²) in [5, 5.41) is 23.0. The number of nitrogen functional groups attached to an aromatic ring is 2. The van der Waals surface area contributed by atoms with Crippen molar-refractivity contribution in [3.63, 3.8) is 0 Å². The van der Waals surface area contributed by atoms with Crippen molar-refractivity contribution in [2.45, 2.75) is 12.2 Å². The van der Waals surface area contributed by atoms with E-state index in [-0.39, 0.29) is 45.7 Å². The largest absolute Gasteiger partial charge is 0.496 e. The van der Waals surface area contributed by atoms with Crippen molar-refractivity contribution in [3.05, 3.63) is 40.2 Å². The minimum Gasteiger partial charge on any atom is -0.496 e. The Kier molecular flexibility index (Phi) is 4.97. The molecule has 0 bridgehead atoms. The lowest BCUT2D eigenvalue weighted by molar-refractivity contribution is -0.140. The number of fused-ring (bicyclic) bond motifs is 1. The molecular formula is C17H12F4N8O. The molecule has 3 rings (SSSR count). The molecule has 0 radical (unpaired) electrons. The zero-order chi connectivity index (χ0) is 22.2. The predicted molar refractivity (Wildman–Crippen MR) is 97.4 cm³/mol. The van der Waals surface area contributed by atoms with Gasteiger partial charge in [0.05, 0.1) is 18.4 Å². The number of pyridine rings is 1. The summed E-state index contributed by atoms with van der Waals surface area (Å²) in [6, 6.07) is 1.54. The Balaban J connectivity index is 2.36. The number of nitrogens with two attached hydrogens (primary N) is 2. The summed E-state index contributed by atoms with van der Waals surface area (Å²) in [6.45, 7) is 0. The quantitative estimate of drug-likeness (QED) is 0.327. The summed E-state index contributed by atoms with van der Waals surface area (Å²) in [5.41, 5.74) is 9.61. The molecule has 0 aliphatic carbocycles. The Morgan fingerprint density at radius 3 is 2.53 bits per heavy atom. The van der Waals surface area contributed by atoms with Gasteiger partial charge in [-0.1, -0.05) is 0 Å². The van der Waals surface area contributed by atoms with Crippen LogP contribution in [0.5, 0.6) is 5.75 Å². The number of benzene rings is 1. The Labute approximate surface area is 166 Å². The molecule has 6 N–H and O–H groups in total. The molecule has 1 aliphatic heterocycles. The molecule has 0 saturated carbocycles. The van der Waals surface area contributed by atoms with Gasteiger partial charge < -0.3 is 21.5 Å². The first-order valence-corrected chi connectivity index (χ1v) is 8.05. The molecule has 1 unspecified atom stereocenters. The first-order chi connectivity index (χ1) is 14.1. The smallest absolute Gasteiger partial charge is 0.419 e. The third kappa shape index (κ3) is 3.33. The number of hydrogen-bond acceptors (Lipinski definition) is 9. The van der Waals surface area contributed by atoms with Crippen LogP contribution in [0.3, 0.4) is 0 Å². The van der Waals surface area contributed by atoms with Gasteiger partial charge in [0, 0.05) is 17.2 Å². The minimum atomic E-state index is -5.00. The lowest BCUT2D eigenvalue weighted by Gasteiger charge is -2.27. The average molecular weight is 420 g/mol. The molecule has 1 aliphatic rings. The maximum Gasteiger partial charge on any atom is 0.419 e. The van der Waals surface area contributed by atoms with Gasteiger partial charge in [0.15, 0.2) is 6.19 Å². The molecular weight excluding hydrogens is 408 g/mol. The zero-order valence-electron chi connectivity index (χ0n) is 15.1. The van der Waals surface area contributed by atoms with Crippen LogP contribution in [0.4, 0.5) is 34.9 Å². The number of anilines is 3. The zero-order valence-corrected chi connectivity index (χ0v) is 15.1. The molecule has 1 aromatic carbocycles. The third-order valence-electron chi connectivity index (χ3n) is 4.28. The first-order valence-electron chi connectivity index (χ1n) is 8.05. The Morgan fingerprint density at radius 2 is 1.97 bits per heavy atom. The van der Waals surface area contributed by atoms with Crippen molar-refractivity contribution < 1.29 is 22.3 Å². The van der Waals surface area contributed by atoms with Crippen LogP contribution in [0.25, 0.3) is 0 Å². The number of guanidine groups is 1. The SMILES string of the molecule is COc1cc(F)c(C(F)(F)F)cc1C1N=C(NC#N)Nc2nc(N)c(C#N)c(N)c21. The minimum absolute atomic E-state index is 0.0160. The van der Waals surface area contributed by atoms with E-state index in [1.165, 1.54) is 0 Å². The standard InChI is InChI=1S/C17H12F4N8O/c1-30-10-3-9(18)8(17(19,20)21)2-6(10)13-11-12(24)7(4-22)14(25)28-15(11)29-16(27-13)26-5-23/h2-3,13H,1H3,(H6,24,25,26,27,28,29). The second-order valence-electron chi connectivity index (χ2n) is 5.97. The maximum absolute atomic E-state index is 14.0. The van der Waals surface area contributed by atoms with Gasteiger partial charge in [-0.25, -0.2) is 14.4 Å². The molecule has 154 valence electrons. The van der Waals surface area contributed by atoms with Gasteiger partial charge >= 0.3 is 6.18 Å². The molecule has 0 amide bonds. The number of nitriles is 2. The van der Waals surface area contributed by atoms with Crippen LogP contribution in [-0.4, -0.2) is 18.1 Å². The molecule has 0 spiro atoms. The van der Waals surface area contributed by atoms with Gasteiger partial charge in [-0.05, 0) is 6.07 Å². The number of alkyl halides is 3. The second-order valence-corrected chi connectivity index (χ2v) is 5.97. The van der Waals surface area contributed by atoms with Crippen molar-refractivity contribution in [3.8, 4) is 18.0 Å². The van der Waals surface area contributed by atoms with E-state index >= 15 is 0 Å². The van der Waals surface area contributed by atoms with E-state index in [4.69, 9.17) is 21.5 Å². The summed E-state index contributed by atoms with van der Waals surface area (Å²) in [4.78, 5) is 8.14. The highest BCUT2D eigenvalue weighted by atomic mass is 19.4. The van der Waals surface area contributed by atoms with Gasteiger partial charge in [-0.3, -0.25) is 5.32 Å². The van der Waals surface area contributed by atoms with E-state index in [0.717, 1.165) is 7.11 Å². The average Bonchev–Trinajstić information content (AvgIpc) is 2.66. The number of ether oxygens (including phenoxy) is 1. The fourth-order valence-electron chi connectivity index (χ4n) is 2.99. The number of methoxy groups -OCH3 is 1. The van der Waals surface area contributed by atoms with Crippen molar-refractivity contribution in [2.75, 3.05) is 23.9 Å². The van der Waals surface area contributed by atoms with Crippen molar-refractivity contribution >= 4 is 23.3 Å². The summed E-state index contributed by atoms with van der Waals surface area (Å²) in [5.74, 6) is -2.25. The molecule has 13 heteroatoms. The first kappa shape index (κ1) is 20.5. The normalized spacial score (nSPS) is 15.2. The van der Waals surface area contributed by atoms with Crippen LogP contribution >= 0.6 is 0 Å². The highest BCUT2D eigenvalue weighted by Crippen LogP contribution is 2.45. The van der Waals surface area contributed by atoms with Crippen LogP contribution < -0.4 is 26.8 Å². The molecule has 2 aromatic rings. The maximum atomic E-state index is 14.0. The van der Waals surface area contributed by atoms with E-state index in [2.05, 4.69) is 20.6 Å². The fraction of sp³-hybridized carbons (Fsp3) is 0.176. The van der Waals surface area contributed by atoms with Crippen LogP contribution in [0.15, 0.2) is 17.1 Å². The monoisotopic (exact) mass is 420 g/mol. The Morgan fingerprint density at radius 1 is 1.27 bits per heavy atom. The summed E-state index contributed by atoms with van der Waals surface area (Å²) < 4.78 is 59.0. The van der Waals surface area contributed by atoms with E-state index in [1.54, 1.807) is 12.3 Å². The Hall–Kier alpha value is -4.26. The topological polar surface area (TPSA) is 158 Å². The predicted octanol–water partition coefficient (Wildman–Crippen LogP) is 2.23. The van der Waals surface area contributed by atoms with E-state index in [0.29, 0.717) is 12.1 Å². The van der Waals surface area contributed by atoms with Gasteiger partial charge in [0.25, 0.3) is 0 Å². The number of hydrogen-bond donors (Lipinski definition) is 4. The van der Waals surface area contributed by atoms with Gasteiger partial charge in [-0.15, -0.1) is 0 Å². The molecule has 30 heavy (non-hydrogen) atoms. The Bertz CT molecular complexity index is 1150. The van der Waals surface area contributed by atoms with Crippen molar-refractivity contribution in [1.82, 2.24) is 10.3 Å². The molecule has 2 heterocycles. The number of aromatic nitrogens is 1. The number of nitrogens with one attached hydrogen (secondary N) is 2. The van der Waals surface area contributed by atoms with Gasteiger partial charge in [-0.2, -0.15) is 23.7 Å². The molecule has 9 nitrogen and oxygen atoms in total. The molecule has 1 atom stereocenters. The number of aliphatic imine (C=N–C) groups is 1. The van der Waals surface area contributed by atoms with Crippen LogP contribution in [0.2, 0.25) is 0 Å². The molecule has 0 saturated heterocycles. The summed E-state index contributed by atoms with van der Waals surface area (Å²) in [6.07, 6.45) is -3.39. The number of nitrogens with zero attached hydrogens (tertiary/aromatic N) is 4. The van der Waals surface area contributed by atoms with E-state index in [9.17, 15) is 22.8 Å². The van der Waals surface area contributed by atoms with Crippen molar-refractivity contribution in [1.29, 1.82) is 10.5 Å². The second kappa shape index (κ2) is 7.29. The van der Waals surface area contributed by atoms with Gasteiger partial charge in [0.1, 0.15) is 40.9 Å². The van der Waals surface area contributed by atoms with Crippen LogP contribution in [-0.2, 0) is 6.18 Å². The van der Waals surface area contributed by atoms with E-state index in [1.807, 2.05) is 0 Å². The molecule has 1 aromatic heterocycles. The summed E-state index contributed by atoms with van der Waals surface area (Å²) in [7, 11) is 1.14. The fourth-order valence-corrected chi connectivity index (χ4v) is 2.99. The molecule has 0 fully saturated rings. The van der Waals surface area contributed by atoms with Gasteiger partial charge in [0.2, 0.25) is 5.96 Å². The lowest BCUT2D eigenvalue weighted by Crippen LogP contribution is -2.33. The van der Waals surface area contributed by atoms with Crippen LogP contribution in [0, 0.1) is 28.6 Å². The highest BCUT2D eigenvalue weighted by Gasteiger charge is 2.38. The lowest BCUT2D eigenvalue weighted by atomic mass is 9.93. The highest BCUT2D eigenvalue weighted by molar-refractivity contribution is 5.98. The van der Waals surface area contributed by atoms with E-state index < -0.39 is 23.6 Å². The number of halogens is 4. The van der Waals surface area contributed by atoms with Crippen molar-refractivity contribution in [2.24, 2.45) is 4.99 Å².